The molecule has 0 heterocycles. The second kappa shape index (κ2) is 5.78. The average molecular weight is 192 g/mol. The molecular weight excluding hydrogens is 172 g/mol. The zero-order valence-electron chi connectivity index (χ0n) is 9.16. The Morgan fingerprint density at radius 1 is 1.29 bits per heavy atom. The van der Waals surface area contributed by atoms with E-state index < -0.39 is 0 Å². The van der Waals surface area contributed by atoms with Crippen molar-refractivity contribution in [1.29, 1.82) is 0 Å². The Balaban J connectivity index is 2.57. The van der Waals surface area contributed by atoms with Gasteiger partial charge in [0.15, 0.2) is 0 Å². The fraction of sp³-hybridized carbons (Fsp3) is 0.500. The Hall–Kier alpha value is -0.860. The molecule has 0 aliphatic carbocycles. The molecule has 0 aromatic heterocycles. The van der Waals surface area contributed by atoms with Crippen molar-refractivity contribution in [2.75, 3.05) is 13.6 Å². The molecule has 1 rings (SSSR count). The third-order valence-corrected chi connectivity index (χ3v) is 2.28. The lowest BCUT2D eigenvalue weighted by atomic mass is 10.1. The van der Waals surface area contributed by atoms with Crippen molar-refractivity contribution in [2.45, 2.75) is 26.4 Å². The molecule has 1 aromatic carbocycles. The molecule has 0 unspecified atom stereocenters. The van der Waals surface area contributed by atoms with Gasteiger partial charge >= 0.3 is 0 Å². The van der Waals surface area contributed by atoms with Crippen molar-refractivity contribution in [2.24, 2.45) is 5.73 Å². The van der Waals surface area contributed by atoms with Crippen molar-refractivity contribution in [3.05, 3.63) is 35.4 Å². The summed E-state index contributed by atoms with van der Waals surface area (Å²) in [5.41, 5.74) is 8.16. The van der Waals surface area contributed by atoms with E-state index >= 15 is 0 Å². The van der Waals surface area contributed by atoms with Gasteiger partial charge in [-0.15, -0.1) is 0 Å². The summed E-state index contributed by atoms with van der Waals surface area (Å²) < 4.78 is 0. The first kappa shape index (κ1) is 11.2. The van der Waals surface area contributed by atoms with Crippen molar-refractivity contribution >= 4 is 0 Å². The summed E-state index contributed by atoms with van der Waals surface area (Å²) >= 11 is 0. The summed E-state index contributed by atoms with van der Waals surface area (Å²) in [5.74, 6) is 0. The average Bonchev–Trinajstić information content (AvgIpc) is 2.18. The van der Waals surface area contributed by atoms with Crippen LogP contribution in [0.25, 0.3) is 0 Å². The zero-order valence-corrected chi connectivity index (χ0v) is 9.16. The summed E-state index contributed by atoms with van der Waals surface area (Å²) in [6.45, 7) is 4.99. The van der Waals surface area contributed by atoms with Crippen molar-refractivity contribution in [3.8, 4) is 0 Å². The first-order valence-corrected chi connectivity index (χ1v) is 5.22. The highest BCUT2D eigenvalue weighted by atomic mass is 15.1. The highest BCUT2D eigenvalue weighted by molar-refractivity contribution is 5.23. The van der Waals surface area contributed by atoms with Crippen LogP contribution in [0.1, 0.15) is 24.5 Å². The van der Waals surface area contributed by atoms with Gasteiger partial charge in [0.25, 0.3) is 0 Å². The number of rotatable bonds is 5. The standard InChI is InChI=1S/C12H20N2/c1-3-7-14(2)10-12-6-4-5-11(8-12)9-13/h4-6,8H,3,7,9-10,13H2,1-2H3. The van der Waals surface area contributed by atoms with Crippen LogP contribution in [-0.2, 0) is 13.1 Å². The largest absolute Gasteiger partial charge is 0.326 e. The number of hydrogen-bond acceptors (Lipinski definition) is 2. The Morgan fingerprint density at radius 3 is 2.64 bits per heavy atom. The molecule has 14 heavy (non-hydrogen) atoms. The fourth-order valence-corrected chi connectivity index (χ4v) is 1.63. The van der Waals surface area contributed by atoms with Crippen molar-refractivity contribution in [1.82, 2.24) is 4.90 Å². The van der Waals surface area contributed by atoms with Crippen LogP contribution in [0.2, 0.25) is 0 Å². The summed E-state index contributed by atoms with van der Waals surface area (Å²) in [7, 11) is 2.15. The van der Waals surface area contributed by atoms with E-state index in [0.717, 1.165) is 13.1 Å². The molecular formula is C12H20N2. The van der Waals surface area contributed by atoms with E-state index in [0.29, 0.717) is 6.54 Å². The molecule has 0 spiro atoms. The first-order valence-electron chi connectivity index (χ1n) is 5.22. The van der Waals surface area contributed by atoms with Gasteiger partial charge < -0.3 is 10.6 Å². The predicted molar refractivity (Wildman–Crippen MR) is 61.0 cm³/mol. The maximum absolute atomic E-state index is 5.59. The molecule has 0 aliphatic rings. The van der Waals surface area contributed by atoms with Crippen molar-refractivity contribution < 1.29 is 0 Å². The van der Waals surface area contributed by atoms with Crippen LogP contribution in [0.3, 0.4) is 0 Å². The molecule has 2 nitrogen and oxygen atoms in total. The fourth-order valence-electron chi connectivity index (χ4n) is 1.63. The molecule has 0 bridgehead atoms. The zero-order chi connectivity index (χ0) is 10.4. The van der Waals surface area contributed by atoms with E-state index in [1.165, 1.54) is 17.5 Å². The molecule has 2 heteroatoms. The third kappa shape index (κ3) is 3.48. The van der Waals surface area contributed by atoms with E-state index in [4.69, 9.17) is 5.73 Å². The van der Waals surface area contributed by atoms with Gasteiger partial charge in [0.1, 0.15) is 0 Å². The normalized spacial score (nSPS) is 10.9. The summed E-state index contributed by atoms with van der Waals surface area (Å²) in [4.78, 5) is 2.33. The topological polar surface area (TPSA) is 29.3 Å². The van der Waals surface area contributed by atoms with Gasteiger partial charge in [-0.05, 0) is 31.1 Å². The van der Waals surface area contributed by atoms with Crippen LogP contribution in [-0.4, -0.2) is 18.5 Å². The van der Waals surface area contributed by atoms with Crippen LogP contribution in [0.5, 0.6) is 0 Å². The van der Waals surface area contributed by atoms with Gasteiger partial charge in [-0.1, -0.05) is 31.2 Å². The van der Waals surface area contributed by atoms with Crippen LogP contribution >= 0.6 is 0 Å². The maximum atomic E-state index is 5.59. The Morgan fingerprint density at radius 2 is 2.00 bits per heavy atom. The van der Waals surface area contributed by atoms with Gasteiger partial charge in [0, 0.05) is 13.1 Å². The molecule has 0 fully saturated rings. The molecule has 0 atom stereocenters. The minimum atomic E-state index is 0.630. The van der Waals surface area contributed by atoms with E-state index in [-0.39, 0.29) is 0 Å². The highest BCUT2D eigenvalue weighted by Crippen LogP contribution is 2.07. The molecule has 0 aliphatic heterocycles. The third-order valence-electron chi connectivity index (χ3n) is 2.28. The van der Waals surface area contributed by atoms with Gasteiger partial charge in [0.05, 0.1) is 0 Å². The Kier molecular flexibility index (Phi) is 4.63. The van der Waals surface area contributed by atoms with Crippen LogP contribution in [0.4, 0.5) is 0 Å². The lowest BCUT2D eigenvalue weighted by molar-refractivity contribution is 0.327. The molecule has 0 saturated heterocycles. The van der Waals surface area contributed by atoms with E-state index in [2.05, 4.69) is 43.1 Å². The first-order chi connectivity index (χ1) is 6.76. The molecule has 2 N–H and O–H groups in total. The summed E-state index contributed by atoms with van der Waals surface area (Å²) in [6, 6.07) is 8.50. The molecule has 1 aromatic rings. The van der Waals surface area contributed by atoms with E-state index in [1.54, 1.807) is 0 Å². The molecule has 78 valence electrons. The second-order valence-corrected chi connectivity index (χ2v) is 3.76. The highest BCUT2D eigenvalue weighted by Gasteiger charge is 1.99. The van der Waals surface area contributed by atoms with E-state index in [9.17, 15) is 0 Å². The van der Waals surface area contributed by atoms with Crippen LogP contribution < -0.4 is 5.73 Å². The second-order valence-electron chi connectivity index (χ2n) is 3.76. The minimum Gasteiger partial charge on any atom is -0.326 e. The quantitative estimate of drug-likeness (QED) is 0.773. The smallest absolute Gasteiger partial charge is 0.0230 e. The maximum Gasteiger partial charge on any atom is 0.0230 e. The van der Waals surface area contributed by atoms with Gasteiger partial charge in [-0.3, -0.25) is 0 Å². The van der Waals surface area contributed by atoms with Gasteiger partial charge in [0.2, 0.25) is 0 Å². The summed E-state index contributed by atoms with van der Waals surface area (Å²) in [5, 5.41) is 0. The van der Waals surface area contributed by atoms with Crippen LogP contribution in [0.15, 0.2) is 24.3 Å². The van der Waals surface area contributed by atoms with Crippen LogP contribution in [0, 0.1) is 0 Å². The lowest BCUT2D eigenvalue weighted by Crippen LogP contribution is -2.18. The van der Waals surface area contributed by atoms with E-state index in [1.807, 2.05) is 0 Å². The monoisotopic (exact) mass is 192 g/mol. The summed E-state index contributed by atoms with van der Waals surface area (Å²) in [6.07, 6.45) is 1.20. The van der Waals surface area contributed by atoms with Crippen molar-refractivity contribution in [3.63, 3.8) is 0 Å². The van der Waals surface area contributed by atoms with Gasteiger partial charge in [-0.25, -0.2) is 0 Å². The number of nitrogens with zero attached hydrogens (tertiary/aromatic N) is 1. The predicted octanol–water partition coefficient (Wildman–Crippen LogP) is 1.99. The number of benzene rings is 1. The molecule has 0 amide bonds. The lowest BCUT2D eigenvalue weighted by Gasteiger charge is -2.15. The molecule has 0 saturated carbocycles. The molecule has 0 radical (unpaired) electrons. The van der Waals surface area contributed by atoms with Gasteiger partial charge in [-0.2, -0.15) is 0 Å². The number of nitrogens with two attached hydrogens (primary N) is 1. The Labute approximate surface area is 86.7 Å². The number of hydrogen-bond donors (Lipinski definition) is 1. The Bertz CT molecular complexity index is 271. The SMILES string of the molecule is CCCN(C)Cc1cccc(CN)c1. The minimum absolute atomic E-state index is 0.630.